The lowest BCUT2D eigenvalue weighted by Crippen LogP contribution is -2.13. The van der Waals surface area contributed by atoms with Crippen molar-refractivity contribution in [2.45, 2.75) is 0 Å². The average molecular weight is 781 g/mol. The number of benzene rings is 10. The van der Waals surface area contributed by atoms with Crippen molar-refractivity contribution in [2.24, 2.45) is 0 Å². The lowest BCUT2D eigenvalue weighted by molar-refractivity contribution is 0.673. The molecule has 0 atom stereocenters. The SMILES string of the molecule is c1ccc(-c2ccc(N(c3ccccc3)c3cc(N(c4ccccc4)c4ccc(-c5ccccc5-c5ccccc5)cc4)c4c(c3)oc3c5ccccc5ccc34)cc2)cc1. The van der Waals surface area contributed by atoms with E-state index in [0.29, 0.717) is 0 Å². The smallest absolute Gasteiger partial charge is 0.143 e. The molecule has 0 aliphatic heterocycles. The van der Waals surface area contributed by atoms with Crippen molar-refractivity contribution in [1.29, 1.82) is 0 Å². The second-order valence-electron chi connectivity index (χ2n) is 15.3. The molecule has 0 bridgehead atoms. The van der Waals surface area contributed by atoms with E-state index in [1.54, 1.807) is 0 Å². The first-order chi connectivity index (χ1) is 30.3. The molecular formula is C58H40N2O. The average Bonchev–Trinajstić information content (AvgIpc) is 3.73. The highest BCUT2D eigenvalue weighted by Gasteiger charge is 2.24. The van der Waals surface area contributed by atoms with Crippen LogP contribution in [0.2, 0.25) is 0 Å². The summed E-state index contributed by atoms with van der Waals surface area (Å²) in [4.78, 5) is 4.71. The van der Waals surface area contributed by atoms with E-state index < -0.39 is 0 Å². The van der Waals surface area contributed by atoms with Gasteiger partial charge in [0, 0.05) is 39.6 Å². The monoisotopic (exact) mass is 780 g/mol. The van der Waals surface area contributed by atoms with Crippen molar-refractivity contribution in [2.75, 3.05) is 9.80 Å². The second kappa shape index (κ2) is 15.6. The van der Waals surface area contributed by atoms with Gasteiger partial charge in [0.15, 0.2) is 0 Å². The number of rotatable bonds is 9. The zero-order chi connectivity index (χ0) is 40.5. The minimum Gasteiger partial charge on any atom is -0.455 e. The van der Waals surface area contributed by atoms with Crippen molar-refractivity contribution in [3.63, 3.8) is 0 Å². The molecule has 11 aromatic rings. The lowest BCUT2D eigenvalue weighted by atomic mass is 9.94. The molecule has 0 saturated heterocycles. The van der Waals surface area contributed by atoms with E-state index in [9.17, 15) is 0 Å². The van der Waals surface area contributed by atoms with E-state index in [1.165, 1.54) is 27.8 Å². The molecule has 0 aliphatic carbocycles. The van der Waals surface area contributed by atoms with Gasteiger partial charge in [0.2, 0.25) is 0 Å². The molecule has 0 fully saturated rings. The standard InChI is InChI=1S/C58H40N2O/c1-5-17-41(18-6-1)42-29-34-48(35-30-42)59(46-22-9-3-10-23-46)50-39-55(57-54-38-33-44-21-13-14-28-53(44)58(54)61-56(57)40-50)60(47-24-11-4-12-25-47)49-36-31-45(32-37-49)52-27-16-15-26-51(52)43-19-7-2-8-20-43/h1-40H. The maximum atomic E-state index is 7.05. The van der Waals surface area contributed by atoms with Crippen molar-refractivity contribution in [3.05, 3.63) is 243 Å². The van der Waals surface area contributed by atoms with Gasteiger partial charge in [-0.1, -0.05) is 176 Å². The second-order valence-corrected chi connectivity index (χ2v) is 15.3. The van der Waals surface area contributed by atoms with Gasteiger partial charge >= 0.3 is 0 Å². The van der Waals surface area contributed by atoms with Gasteiger partial charge < -0.3 is 14.2 Å². The Labute approximate surface area is 355 Å². The number of anilines is 6. The molecule has 0 amide bonds. The van der Waals surface area contributed by atoms with Gasteiger partial charge in [-0.2, -0.15) is 0 Å². The van der Waals surface area contributed by atoms with E-state index in [2.05, 4.69) is 252 Å². The molecule has 1 aromatic heterocycles. The molecule has 3 heteroatoms. The van der Waals surface area contributed by atoms with Crippen LogP contribution in [0.5, 0.6) is 0 Å². The zero-order valence-corrected chi connectivity index (χ0v) is 33.4. The van der Waals surface area contributed by atoms with E-state index >= 15 is 0 Å². The topological polar surface area (TPSA) is 19.6 Å². The molecule has 0 radical (unpaired) electrons. The van der Waals surface area contributed by atoms with E-state index in [4.69, 9.17) is 4.42 Å². The van der Waals surface area contributed by atoms with Crippen LogP contribution in [0.25, 0.3) is 66.1 Å². The van der Waals surface area contributed by atoms with Gasteiger partial charge in [-0.3, -0.25) is 0 Å². The summed E-state index contributed by atoms with van der Waals surface area (Å²) < 4.78 is 7.05. The highest BCUT2D eigenvalue weighted by atomic mass is 16.3. The van der Waals surface area contributed by atoms with Crippen molar-refractivity contribution >= 4 is 66.8 Å². The molecule has 10 aromatic carbocycles. The van der Waals surface area contributed by atoms with Crippen LogP contribution in [0.3, 0.4) is 0 Å². The molecule has 61 heavy (non-hydrogen) atoms. The Hall–Kier alpha value is -8.14. The Bertz CT molecular complexity index is 3270. The van der Waals surface area contributed by atoms with Crippen LogP contribution in [0, 0.1) is 0 Å². The highest BCUT2D eigenvalue weighted by Crippen LogP contribution is 2.49. The van der Waals surface area contributed by atoms with Crippen LogP contribution in [0.15, 0.2) is 247 Å². The van der Waals surface area contributed by atoms with Gasteiger partial charge in [0.25, 0.3) is 0 Å². The first kappa shape index (κ1) is 36.0. The summed E-state index contributed by atoms with van der Waals surface area (Å²) in [6.45, 7) is 0. The van der Waals surface area contributed by atoms with Gasteiger partial charge in [-0.05, 0) is 99.4 Å². The van der Waals surface area contributed by atoms with E-state index in [1.807, 2.05) is 0 Å². The summed E-state index contributed by atoms with van der Waals surface area (Å²) in [6.07, 6.45) is 0. The number of hydrogen-bond donors (Lipinski definition) is 0. The summed E-state index contributed by atoms with van der Waals surface area (Å²) in [5.74, 6) is 0. The first-order valence-electron chi connectivity index (χ1n) is 20.8. The molecule has 3 nitrogen and oxygen atoms in total. The van der Waals surface area contributed by atoms with Crippen LogP contribution < -0.4 is 9.80 Å². The predicted molar refractivity (Wildman–Crippen MR) is 257 cm³/mol. The third-order valence-corrected chi connectivity index (χ3v) is 11.6. The number of fused-ring (bicyclic) bond motifs is 5. The van der Waals surface area contributed by atoms with Crippen molar-refractivity contribution < 1.29 is 4.42 Å². The third kappa shape index (κ3) is 6.69. The van der Waals surface area contributed by atoms with Gasteiger partial charge in [-0.25, -0.2) is 0 Å². The van der Waals surface area contributed by atoms with Crippen LogP contribution in [0.1, 0.15) is 0 Å². The molecule has 288 valence electrons. The Balaban J connectivity index is 1.14. The van der Waals surface area contributed by atoms with Crippen LogP contribution in [0.4, 0.5) is 34.1 Å². The molecule has 11 rings (SSSR count). The number of nitrogens with zero attached hydrogens (tertiary/aromatic N) is 2. The van der Waals surface area contributed by atoms with Crippen molar-refractivity contribution in [3.8, 4) is 33.4 Å². The van der Waals surface area contributed by atoms with Gasteiger partial charge in [0.1, 0.15) is 11.2 Å². The number of furan rings is 1. The first-order valence-corrected chi connectivity index (χ1v) is 20.8. The summed E-state index contributed by atoms with van der Waals surface area (Å²) in [6, 6.07) is 86.4. The fourth-order valence-electron chi connectivity index (χ4n) is 8.76. The molecule has 0 unspecified atom stereocenters. The minimum atomic E-state index is 0.815. The largest absolute Gasteiger partial charge is 0.455 e. The van der Waals surface area contributed by atoms with E-state index in [0.717, 1.165) is 72.4 Å². The fraction of sp³-hybridized carbons (Fsp3) is 0. The number of hydrogen-bond acceptors (Lipinski definition) is 3. The molecule has 0 spiro atoms. The zero-order valence-electron chi connectivity index (χ0n) is 33.4. The van der Waals surface area contributed by atoms with Gasteiger partial charge in [-0.15, -0.1) is 0 Å². The number of para-hydroxylation sites is 2. The summed E-state index contributed by atoms with van der Waals surface area (Å²) in [7, 11) is 0. The maximum Gasteiger partial charge on any atom is 0.143 e. The Morgan fingerprint density at radius 3 is 1.39 bits per heavy atom. The normalized spacial score (nSPS) is 11.3. The lowest BCUT2D eigenvalue weighted by Gasteiger charge is -2.30. The predicted octanol–water partition coefficient (Wildman–Crippen LogP) is 16.7. The Kier molecular flexibility index (Phi) is 9.18. The molecule has 0 saturated carbocycles. The molecular weight excluding hydrogens is 741 g/mol. The highest BCUT2D eigenvalue weighted by molar-refractivity contribution is 6.20. The van der Waals surface area contributed by atoms with Crippen LogP contribution in [-0.2, 0) is 0 Å². The minimum absolute atomic E-state index is 0.815. The van der Waals surface area contributed by atoms with Crippen LogP contribution in [-0.4, -0.2) is 0 Å². The quantitative estimate of drug-likeness (QED) is 0.145. The fourth-order valence-corrected chi connectivity index (χ4v) is 8.76. The molecule has 1 heterocycles. The summed E-state index contributed by atoms with van der Waals surface area (Å²) >= 11 is 0. The molecule has 0 aliphatic rings. The maximum absolute atomic E-state index is 7.05. The third-order valence-electron chi connectivity index (χ3n) is 11.6. The van der Waals surface area contributed by atoms with Crippen molar-refractivity contribution in [1.82, 2.24) is 0 Å². The van der Waals surface area contributed by atoms with Crippen LogP contribution >= 0.6 is 0 Å². The Morgan fingerprint density at radius 2 is 0.754 bits per heavy atom. The molecule has 0 N–H and O–H groups in total. The summed E-state index contributed by atoms with van der Waals surface area (Å²) in [5.41, 5.74) is 15.0. The summed E-state index contributed by atoms with van der Waals surface area (Å²) in [5, 5.41) is 4.36. The Morgan fingerprint density at radius 1 is 0.295 bits per heavy atom. The van der Waals surface area contributed by atoms with E-state index in [-0.39, 0.29) is 0 Å². The van der Waals surface area contributed by atoms with Gasteiger partial charge in [0.05, 0.1) is 16.8 Å².